The SMILES string of the molecule is CCCN(CCC)C(C)Cc1ccc(N)cc1. The van der Waals surface area contributed by atoms with Crippen molar-refractivity contribution in [3.63, 3.8) is 0 Å². The lowest BCUT2D eigenvalue weighted by Gasteiger charge is -2.28. The van der Waals surface area contributed by atoms with Crippen LogP contribution in [-0.2, 0) is 6.42 Å². The van der Waals surface area contributed by atoms with Crippen LogP contribution in [0.4, 0.5) is 5.69 Å². The van der Waals surface area contributed by atoms with Crippen LogP contribution in [-0.4, -0.2) is 24.0 Å². The zero-order valence-corrected chi connectivity index (χ0v) is 11.4. The zero-order chi connectivity index (χ0) is 12.7. The highest BCUT2D eigenvalue weighted by molar-refractivity contribution is 5.39. The molecule has 0 saturated carbocycles. The fourth-order valence-corrected chi connectivity index (χ4v) is 2.25. The fourth-order valence-electron chi connectivity index (χ4n) is 2.25. The van der Waals surface area contributed by atoms with Crippen LogP contribution in [0.15, 0.2) is 24.3 Å². The van der Waals surface area contributed by atoms with E-state index in [0.717, 1.165) is 12.1 Å². The minimum absolute atomic E-state index is 0.610. The lowest BCUT2D eigenvalue weighted by Crippen LogP contribution is -2.35. The molecular formula is C15H26N2. The molecule has 2 N–H and O–H groups in total. The molecule has 1 aromatic rings. The third kappa shape index (κ3) is 4.78. The maximum absolute atomic E-state index is 5.70. The minimum Gasteiger partial charge on any atom is -0.399 e. The molecule has 1 unspecified atom stereocenters. The third-order valence-corrected chi connectivity index (χ3v) is 3.16. The van der Waals surface area contributed by atoms with Crippen molar-refractivity contribution in [1.82, 2.24) is 4.90 Å². The Morgan fingerprint density at radius 1 is 1.06 bits per heavy atom. The number of nitrogen functional groups attached to an aromatic ring is 1. The van der Waals surface area contributed by atoms with Crippen LogP contribution in [0.25, 0.3) is 0 Å². The van der Waals surface area contributed by atoms with Gasteiger partial charge in [-0.25, -0.2) is 0 Å². The van der Waals surface area contributed by atoms with Crippen LogP contribution in [0.3, 0.4) is 0 Å². The molecule has 1 rings (SSSR count). The van der Waals surface area contributed by atoms with E-state index in [4.69, 9.17) is 5.73 Å². The van der Waals surface area contributed by atoms with E-state index >= 15 is 0 Å². The summed E-state index contributed by atoms with van der Waals surface area (Å²) in [5.41, 5.74) is 7.93. The van der Waals surface area contributed by atoms with E-state index in [9.17, 15) is 0 Å². The van der Waals surface area contributed by atoms with Crippen molar-refractivity contribution >= 4 is 5.69 Å². The van der Waals surface area contributed by atoms with Gasteiger partial charge in [0.25, 0.3) is 0 Å². The summed E-state index contributed by atoms with van der Waals surface area (Å²) in [6, 6.07) is 8.88. The van der Waals surface area contributed by atoms with Crippen molar-refractivity contribution in [3.05, 3.63) is 29.8 Å². The van der Waals surface area contributed by atoms with Gasteiger partial charge in [-0.15, -0.1) is 0 Å². The Morgan fingerprint density at radius 3 is 2.06 bits per heavy atom. The molecule has 0 aliphatic heterocycles. The van der Waals surface area contributed by atoms with Gasteiger partial charge in [-0.1, -0.05) is 26.0 Å². The lowest BCUT2D eigenvalue weighted by atomic mass is 10.1. The van der Waals surface area contributed by atoms with E-state index in [1.165, 1.54) is 31.5 Å². The Morgan fingerprint density at radius 2 is 1.59 bits per heavy atom. The highest BCUT2D eigenvalue weighted by Crippen LogP contribution is 2.12. The molecule has 2 nitrogen and oxygen atoms in total. The topological polar surface area (TPSA) is 29.3 Å². The molecule has 0 aliphatic rings. The predicted molar refractivity (Wildman–Crippen MR) is 76.2 cm³/mol. The van der Waals surface area contributed by atoms with Gasteiger partial charge in [0.15, 0.2) is 0 Å². The van der Waals surface area contributed by atoms with Gasteiger partial charge in [0, 0.05) is 11.7 Å². The van der Waals surface area contributed by atoms with E-state index in [-0.39, 0.29) is 0 Å². The lowest BCUT2D eigenvalue weighted by molar-refractivity contribution is 0.208. The molecule has 96 valence electrons. The molecule has 17 heavy (non-hydrogen) atoms. The molecule has 1 aromatic carbocycles. The average Bonchev–Trinajstić information content (AvgIpc) is 2.32. The molecule has 1 atom stereocenters. The molecule has 0 radical (unpaired) electrons. The summed E-state index contributed by atoms with van der Waals surface area (Å²) in [6.07, 6.45) is 3.57. The number of hydrogen-bond acceptors (Lipinski definition) is 2. The first-order valence-corrected chi connectivity index (χ1v) is 6.75. The van der Waals surface area contributed by atoms with Gasteiger partial charge in [0.1, 0.15) is 0 Å². The van der Waals surface area contributed by atoms with E-state index in [0.29, 0.717) is 6.04 Å². The monoisotopic (exact) mass is 234 g/mol. The highest BCUT2D eigenvalue weighted by Gasteiger charge is 2.12. The second kappa shape index (κ2) is 7.33. The van der Waals surface area contributed by atoms with E-state index in [1.807, 2.05) is 12.1 Å². The molecule has 0 aromatic heterocycles. The van der Waals surface area contributed by atoms with Crippen LogP contribution in [0, 0.1) is 0 Å². The summed E-state index contributed by atoms with van der Waals surface area (Å²) in [6.45, 7) is 9.22. The highest BCUT2D eigenvalue weighted by atomic mass is 15.1. The Bertz CT molecular complexity index is 299. The van der Waals surface area contributed by atoms with Crippen molar-refractivity contribution in [2.24, 2.45) is 0 Å². The maximum atomic E-state index is 5.70. The van der Waals surface area contributed by atoms with Crippen molar-refractivity contribution in [2.45, 2.75) is 46.1 Å². The molecule has 0 heterocycles. The Balaban J connectivity index is 2.55. The second-order valence-corrected chi connectivity index (χ2v) is 4.83. The quantitative estimate of drug-likeness (QED) is 0.733. The number of rotatable bonds is 7. The minimum atomic E-state index is 0.610. The summed E-state index contributed by atoms with van der Waals surface area (Å²) in [7, 11) is 0. The van der Waals surface area contributed by atoms with Gasteiger partial charge in [-0.05, 0) is 57.0 Å². The van der Waals surface area contributed by atoms with Crippen LogP contribution in [0.5, 0.6) is 0 Å². The number of nitrogens with two attached hydrogens (primary N) is 1. The Kier molecular flexibility index (Phi) is 6.06. The van der Waals surface area contributed by atoms with E-state index in [2.05, 4.69) is 37.8 Å². The van der Waals surface area contributed by atoms with Crippen molar-refractivity contribution in [1.29, 1.82) is 0 Å². The van der Waals surface area contributed by atoms with E-state index < -0.39 is 0 Å². The first kappa shape index (κ1) is 14.0. The summed E-state index contributed by atoms with van der Waals surface area (Å²) in [5, 5.41) is 0. The third-order valence-electron chi connectivity index (χ3n) is 3.16. The number of hydrogen-bond donors (Lipinski definition) is 1. The van der Waals surface area contributed by atoms with Crippen LogP contribution in [0.1, 0.15) is 39.2 Å². The van der Waals surface area contributed by atoms with Gasteiger partial charge in [0.2, 0.25) is 0 Å². The van der Waals surface area contributed by atoms with Gasteiger partial charge < -0.3 is 10.6 Å². The van der Waals surface area contributed by atoms with E-state index in [1.54, 1.807) is 0 Å². The number of anilines is 1. The number of nitrogens with zero attached hydrogens (tertiary/aromatic N) is 1. The summed E-state index contributed by atoms with van der Waals surface area (Å²) < 4.78 is 0. The number of benzene rings is 1. The summed E-state index contributed by atoms with van der Waals surface area (Å²) >= 11 is 0. The van der Waals surface area contributed by atoms with Gasteiger partial charge in [-0.2, -0.15) is 0 Å². The van der Waals surface area contributed by atoms with Crippen molar-refractivity contribution in [3.8, 4) is 0 Å². The summed E-state index contributed by atoms with van der Waals surface area (Å²) in [5.74, 6) is 0. The smallest absolute Gasteiger partial charge is 0.0314 e. The van der Waals surface area contributed by atoms with Gasteiger partial charge in [0.05, 0.1) is 0 Å². The molecule has 2 heteroatoms. The van der Waals surface area contributed by atoms with Crippen LogP contribution >= 0.6 is 0 Å². The van der Waals surface area contributed by atoms with Gasteiger partial charge in [-0.3, -0.25) is 0 Å². The molecule has 0 amide bonds. The Labute approximate surface area is 106 Å². The summed E-state index contributed by atoms with van der Waals surface area (Å²) in [4.78, 5) is 2.58. The zero-order valence-electron chi connectivity index (χ0n) is 11.4. The second-order valence-electron chi connectivity index (χ2n) is 4.83. The average molecular weight is 234 g/mol. The molecule has 0 bridgehead atoms. The Hall–Kier alpha value is -1.02. The molecular weight excluding hydrogens is 208 g/mol. The standard InChI is InChI=1S/C15H26N2/c1-4-10-17(11-5-2)13(3)12-14-6-8-15(16)9-7-14/h6-9,13H,4-5,10-12,16H2,1-3H3. The molecule has 0 spiro atoms. The fraction of sp³-hybridized carbons (Fsp3) is 0.600. The first-order valence-electron chi connectivity index (χ1n) is 6.75. The molecule has 0 fully saturated rings. The van der Waals surface area contributed by atoms with Crippen LogP contribution in [0.2, 0.25) is 0 Å². The maximum Gasteiger partial charge on any atom is 0.0314 e. The largest absolute Gasteiger partial charge is 0.399 e. The van der Waals surface area contributed by atoms with Crippen LogP contribution < -0.4 is 5.73 Å². The molecule has 0 aliphatic carbocycles. The van der Waals surface area contributed by atoms with Crippen molar-refractivity contribution < 1.29 is 0 Å². The van der Waals surface area contributed by atoms with Gasteiger partial charge >= 0.3 is 0 Å². The van der Waals surface area contributed by atoms with Crippen molar-refractivity contribution in [2.75, 3.05) is 18.8 Å². The normalized spacial score (nSPS) is 12.9. The first-order chi connectivity index (χ1) is 8.17. The predicted octanol–water partition coefficient (Wildman–Crippen LogP) is 3.32. The molecule has 0 saturated heterocycles.